The van der Waals surface area contributed by atoms with Crippen molar-refractivity contribution < 1.29 is 27.6 Å². The lowest BCUT2D eigenvalue weighted by atomic mass is 9.87. The summed E-state index contributed by atoms with van der Waals surface area (Å²) < 4.78 is 41.5. The Labute approximate surface area is 237 Å². The standard InChI is InChI=1S/C28H22ClF3N6O3/c29-18-3-1-17(2-4-18)25(26(40)36-20-11-28(31,32)12-20)37(21-10-19(30)14-34-15-21)27(41)22-5-6-24(39)38(22)23-9-16(13-33)7-8-35-23/h1-4,7-10,14-15,20,22,25H,5-6,11-12H2,(H,36,40)/t22-,25?/m0/s1. The molecule has 1 aliphatic heterocycles. The van der Waals surface area contributed by atoms with Gasteiger partial charge in [0.1, 0.15) is 23.7 Å². The first-order valence-corrected chi connectivity index (χ1v) is 13.0. The molecular formula is C28H22ClF3N6O3. The molecule has 1 aliphatic carbocycles. The average molecular weight is 583 g/mol. The van der Waals surface area contributed by atoms with Crippen molar-refractivity contribution in [3.05, 3.63) is 83.0 Å². The molecule has 3 aromatic rings. The molecule has 3 heterocycles. The third-order valence-corrected chi connectivity index (χ3v) is 7.21. The number of halogens is 4. The van der Waals surface area contributed by atoms with Gasteiger partial charge >= 0.3 is 0 Å². The topological polar surface area (TPSA) is 119 Å². The normalized spacial score (nSPS) is 18.8. The van der Waals surface area contributed by atoms with Gasteiger partial charge in [0, 0.05) is 42.6 Å². The minimum atomic E-state index is -2.91. The van der Waals surface area contributed by atoms with Gasteiger partial charge in [-0.15, -0.1) is 0 Å². The maximum Gasteiger partial charge on any atom is 0.252 e. The number of rotatable bonds is 7. The van der Waals surface area contributed by atoms with Crippen LogP contribution in [-0.2, 0) is 14.4 Å². The molecule has 210 valence electrons. The molecule has 3 amide bonds. The minimum absolute atomic E-state index is 0.0287. The summed E-state index contributed by atoms with van der Waals surface area (Å²) in [5, 5.41) is 12.2. The third-order valence-electron chi connectivity index (χ3n) is 6.95. The molecule has 1 aromatic carbocycles. The number of aromatic nitrogens is 2. The van der Waals surface area contributed by atoms with E-state index in [0.717, 1.165) is 22.1 Å². The van der Waals surface area contributed by atoms with Crippen LogP contribution < -0.4 is 15.1 Å². The molecule has 1 unspecified atom stereocenters. The molecule has 0 bridgehead atoms. The Balaban J connectivity index is 1.59. The van der Waals surface area contributed by atoms with Gasteiger partial charge in [-0.2, -0.15) is 5.26 Å². The van der Waals surface area contributed by atoms with Crippen molar-refractivity contribution in [2.45, 2.75) is 49.7 Å². The fourth-order valence-electron chi connectivity index (χ4n) is 5.03. The second-order valence-corrected chi connectivity index (χ2v) is 10.3. The maximum atomic E-state index is 14.4. The first kappa shape index (κ1) is 28.0. The van der Waals surface area contributed by atoms with Crippen molar-refractivity contribution in [1.82, 2.24) is 15.3 Å². The molecule has 2 aromatic heterocycles. The minimum Gasteiger partial charge on any atom is -0.351 e. The van der Waals surface area contributed by atoms with Crippen LogP contribution in [0.1, 0.15) is 42.9 Å². The van der Waals surface area contributed by atoms with Crippen molar-refractivity contribution in [2.24, 2.45) is 0 Å². The van der Waals surface area contributed by atoms with E-state index in [1.807, 2.05) is 6.07 Å². The second kappa shape index (κ2) is 11.2. The van der Waals surface area contributed by atoms with Gasteiger partial charge < -0.3 is 5.32 Å². The highest BCUT2D eigenvalue weighted by Crippen LogP contribution is 2.39. The largest absolute Gasteiger partial charge is 0.351 e. The molecule has 41 heavy (non-hydrogen) atoms. The molecule has 2 aliphatic rings. The number of alkyl halides is 2. The lowest BCUT2D eigenvalue weighted by Gasteiger charge is -2.39. The summed E-state index contributed by atoms with van der Waals surface area (Å²) in [7, 11) is 0. The number of nitrogens with zero attached hydrogens (tertiary/aromatic N) is 5. The van der Waals surface area contributed by atoms with Crippen LogP contribution in [0.3, 0.4) is 0 Å². The van der Waals surface area contributed by atoms with Crippen molar-refractivity contribution >= 4 is 40.8 Å². The number of carbonyl (C=O) groups is 3. The molecule has 1 saturated heterocycles. The van der Waals surface area contributed by atoms with Crippen molar-refractivity contribution in [3.8, 4) is 6.07 Å². The van der Waals surface area contributed by atoms with Gasteiger partial charge in [0.05, 0.1) is 29.7 Å². The number of carbonyl (C=O) groups excluding carboxylic acids is 3. The van der Waals surface area contributed by atoms with E-state index in [-0.39, 0.29) is 35.5 Å². The summed E-state index contributed by atoms with van der Waals surface area (Å²) in [6.07, 6.45) is 2.32. The van der Waals surface area contributed by atoms with Crippen LogP contribution in [0.4, 0.5) is 24.7 Å². The predicted octanol–water partition coefficient (Wildman–Crippen LogP) is 4.32. The number of hydrogen-bond acceptors (Lipinski definition) is 6. The number of pyridine rings is 2. The fourth-order valence-corrected chi connectivity index (χ4v) is 5.15. The monoisotopic (exact) mass is 582 g/mol. The van der Waals surface area contributed by atoms with Gasteiger partial charge in [-0.05, 0) is 36.2 Å². The zero-order chi connectivity index (χ0) is 29.3. The van der Waals surface area contributed by atoms with Gasteiger partial charge in [0.25, 0.3) is 11.8 Å². The number of nitrogens with one attached hydrogen (secondary N) is 1. The zero-order valence-electron chi connectivity index (χ0n) is 21.3. The molecule has 1 saturated carbocycles. The van der Waals surface area contributed by atoms with Crippen LogP contribution in [0.15, 0.2) is 61.1 Å². The van der Waals surface area contributed by atoms with Crippen LogP contribution in [0.25, 0.3) is 0 Å². The second-order valence-electron chi connectivity index (χ2n) is 9.83. The number of amides is 3. The van der Waals surface area contributed by atoms with Gasteiger partial charge in [0.15, 0.2) is 0 Å². The highest BCUT2D eigenvalue weighted by Gasteiger charge is 2.48. The molecule has 2 fully saturated rings. The number of anilines is 2. The fraction of sp³-hybridized carbons (Fsp3) is 0.286. The molecule has 2 atom stereocenters. The van der Waals surface area contributed by atoms with Crippen molar-refractivity contribution in [1.29, 1.82) is 5.26 Å². The molecule has 9 nitrogen and oxygen atoms in total. The Kier molecular flexibility index (Phi) is 7.64. The Morgan fingerprint density at radius 2 is 1.90 bits per heavy atom. The van der Waals surface area contributed by atoms with Gasteiger partial charge in [0.2, 0.25) is 11.8 Å². The van der Waals surface area contributed by atoms with Gasteiger partial charge in [-0.25, -0.2) is 18.2 Å². The van der Waals surface area contributed by atoms with Crippen LogP contribution in [0, 0.1) is 17.1 Å². The van der Waals surface area contributed by atoms with E-state index in [4.69, 9.17) is 11.6 Å². The number of benzene rings is 1. The van der Waals surface area contributed by atoms with Crippen molar-refractivity contribution in [2.75, 3.05) is 9.80 Å². The average Bonchev–Trinajstić information content (AvgIpc) is 3.32. The van der Waals surface area contributed by atoms with Crippen LogP contribution in [0.5, 0.6) is 0 Å². The van der Waals surface area contributed by atoms with Crippen LogP contribution in [0.2, 0.25) is 5.02 Å². The quantitative estimate of drug-likeness (QED) is 0.443. The van der Waals surface area contributed by atoms with E-state index < -0.39 is 60.4 Å². The summed E-state index contributed by atoms with van der Waals surface area (Å²) in [5.74, 6) is -5.63. The lowest BCUT2D eigenvalue weighted by Crippen LogP contribution is -2.56. The molecular weight excluding hydrogens is 561 g/mol. The highest BCUT2D eigenvalue weighted by atomic mass is 35.5. The molecule has 1 N–H and O–H groups in total. The smallest absolute Gasteiger partial charge is 0.252 e. The van der Waals surface area contributed by atoms with E-state index >= 15 is 0 Å². The first-order valence-electron chi connectivity index (χ1n) is 12.6. The lowest BCUT2D eigenvalue weighted by molar-refractivity contribution is -0.133. The molecule has 0 spiro atoms. The Morgan fingerprint density at radius 1 is 1.17 bits per heavy atom. The van der Waals surface area contributed by atoms with Crippen LogP contribution >= 0.6 is 11.6 Å². The van der Waals surface area contributed by atoms with E-state index in [1.54, 1.807) is 0 Å². The molecule has 5 rings (SSSR count). The Bertz CT molecular complexity index is 1540. The summed E-state index contributed by atoms with van der Waals surface area (Å²) in [4.78, 5) is 51.2. The van der Waals surface area contributed by atoms with E-state index in [1.165, 1.54) is 48.8 Å². The molecule has 13 heteroatoms. The summed E-state index contributed by atoms with van der Waals surface area (Å²) in [5.41, 5.74) is 0.376. The SMILES string of the molecule is N#Cc1ccnc(N2C(=O)CC[C@H]2C(=O)N(c2cncc(F)c2)C(C(=O)NC2CC(F)(F)C2)c2ccc(Cl)cc2)c1. The Hall–Kier alpha value is -4.50. The third kappa shape index (κ3) is 5.85. The predicted molar refractivity (Wildman–Crippen MR) is 141 cm³/mol. The summed E-state index contributed by atoms with van der Waals surface area (Å²) >= 11 is 6.06. The van der Waals surface area contributed by atoms with Crippen molar-refractivity contribution in [3.63, 3.8) is 0 Å². The van der Waals surface area contributed by atoms with Gasteiger partial charge in [-0.1, -0.05) is 23.7 Å². The van der Waals surface area contributed by atoms with E-state index in [9.17, 15) is 32.8 Å². The highest BCUT2D eigenvalue weighted by molar-refractivity contribution is 6.30. The van der Waals surface area contributed by atoms with E-state index in [2.05, 4.69) is 15.3 Å². The number of hydrogen-bond donors (Lipinski definition) is 1. The first-order chi connectivity index (χ1) is 19.6. The summed E-state index contributed by atoms with van der Waals surface area (Å²) in [6, 6.07) is 8.25. The van der Waals surface area contributed by atoms with Crippen LogP contribution in [-0.4, -0.2) is 45.7 Å². The van der Waals surface area contributed by atoms with Gasteiger partial charge in [-0.3, -0.25) is 29.2 Å². The van der Waals surface area contributed by atoms with E-state index in [0.29, 0.717) is 5.02 Å². The zero-order valence-corrected chi connectivity index (χ0v) is 22.1. The maximum absolute atomic E-state index is 14.4. The number of nitriles is 1. The Morgan fingerprint density at radius 3 is 2.56 bits per heavy atom. The summed E-state index contributed by atoms with van der Waals surface area (Å²) in [6.45, 7) is 0. The molecule has 0 radical (unpaired) electrons.